The summed E-state index contributed by atoms with van der Waals surface area (Å²) in [6.45, 7) is 2.46. The minimum Gasteiger partial charge on any atom is -0.305 e. The molecule has 0 bridgehead atoms. The maximum atomic E-state index is 11.8. The second kappa shape index (κ2) is 6.26. The monoisotopic (exact) mass is 329 g/mol. The third kappa shape index (κ3) is 3.61. The largest absolute Gasteiger partial charge is 0.305 e. The highest BCUT2D eigenvalue weighted by atomic mass is 35.5. The predicted molar refractivity (Wildman–Crippen MR) is 84.1 cm³/mol. The van der Waals surface area contributed by atoms with Crippen molar-refractivity contribution < 1.29 is 8.42 Å². The maximum absolute atomic E-state index is 11.8. The van der Waals surface area contributed by atoms with Crippen LogP contribution in [-0.4, -0.2) is 14.7 Å². The number of hydrogen-bond donors (Lipinski definition) is 1. The molecule has 0 amide bonds. The van der Waals surface area contributed by atoms with Crippen molar-refractivity contribution in [2.75, 3.05) is 6.26 Å². The molecule has 0 aliphatic heterocycles. The van der Waals surface area contributed by atoms with Crippen LogP contribution in [-0.2, 0) is 16.4 Å². The van der Waals surface area contributed by atoms with E-state index in [0.717, 1.165) is 0 Å². The van der Waals surface area contributed by atoms with Crippen molar-refractivity contribution in [1.82, 2.24) is 5.32 Å². The number of sulfone groups is 1. The molecule has 0 aliphatic carbocycles. The smallest absolute Gasteiger partial charge is 0.175 e. The molecule has 0 fully saturated rings. The lowest BCUT2D eigenvalue weighted by Crippen LogP contribution is -2.19. The summed E-state index contributed by atoms with van der Waals surface area (Å²) in [5.74, 6) is 0. The first-order valence-corrected chi connectivity index (χ1v) is 9.28. The fraction of sp³-hybridized carbons (Fsp3) is 0.286. The summed E-state index contributed by atoms with van der Waals surface area (Å²) < 4.78 is 23.6. The molecule has 20 heavy (non-hydrogen) atoms. The number of hydrogen-bond acceptors (Lipinski definition) is 4. The molecule has 1 heterocycles. The maximum Gasteiger partial charge on any atom is 0.175 e. The summed E-state index contributed by atoms with van der Waals surface area (Å²) in [6.07, 6.45) is 1.20. The zero-order valence-electron chi connectivity index (χ0n) is 11.3. The summed E-state index contributed by atoms with van der Waals surface area (Å²) in [5, 5.41) is 5.81. The molecule has 0 saturated carbocycles. The van der Waals surface area contributed by atoms with E-state index in [1.54, 1.807) is 29.5 Å². The van der Waals surface area contributed by atoms with Crippen molar-refractivity contribution in [2.24, 2.45) is 0 Å². The van der Waals surface area contributed by atoms with Crippen LogP contribution in [0.2, 0.25) is 5.02 Å². The summed E-state index contributed by atoms with van der Waals surface area (Å²) in [5.41, 5.74) is 0.625. The molecule has 1 unspecified atom stereocenters. The zero-order valence-corrected chi connectivity index (χ0v) is 13.6. The lowest BCUT2D eigenvalue weighted by Gasteiger charge is -2.15. The van der Waals surface area contributed by atoms with E-state index in [9.17, 15) is 8.42 Å². The van der Waals surface area contributed by atoms with Gasteiger partial charge in [0.05, 0.1) is 4.90 Å². The van der Waals surface area contributed by atoms with Crippen molar-refractivity contribution in [3.8, 4) is 0 Å². The molecule has 1 aromatic carbocycles. The van der Waals surface area contributed by atoms with Crippen LogP contribution in [0.5, 0.6) is 0 Å². The van der Waals surface area contributed by atoms with Crippen molar-refractivity contribution >= 4 is 32.8 Å². The SMILES string of the molecule is CC(NCc1c(Cl)cccc1S(C)(=O)=O)c1cccs1. The van der Waals surface area contributed by atoms with Gasteiger partial charge in [0, 0.05) is 34.3 Å². The van der Waals surface area contributed by atoms with Crippen molar-refractivity contribution in [1.29, 1.82) is 0 Å². The van der Waals surface area contributed by atoms with Gasteiger partial charge in [-0.3, -0.25) is 0 Å². The van der Waals surface area contributed by atoms with Gasteiger partial charge in [-0.25, -0.2) is 8.42 Å². The van der Waals surface area contributed by atoms with E-state index in [4.69, 9.17) is 11.6 Å². The average Bonchev–Trinajstić information content (AvgIpc) is 2.89. The number of halogens is 1. The predicted octanol–water partition coefficient (Wildman–Crippen LogP) is 3.66. The molecule has 0 saturated heterocycles. The third-order valence-corrected chi connectivity index (χ3v) is 5.62. The summed E-state index contributed by atoms with van der Waals surface area (Å²) in [7, 11) is -3.28. The van der Waals surface area contributed by atoms with Gasteiger partial charge in [-0.05, 0) is 30.5 Å². The Morgan fingerprint density at radius 1 is 1.30 bits per heavy atom. The van der Waals surface area contributed by atoms with Gasteiger partial charge in [-0.2, -0.15) is 0 Å². The van der Waals surface area contributed by atoms with Crippen molar-refractivity contribution in [3.63, 3.8) is 0 Å². The number of benzene rings is 1. The second-order valence-corrected chi connectivity index (χ2v) is 7.98. The van der Waals surface area contributed by atoms with Crippen LogP contribution >= 0.6 is 22.9 Å². The van der Waals surface area contributed by atoms with Crippen LogP contribution in [0.15, 0.2) is 40.6 Å². The van der Waals surface area contributed by atoms with E-state index in [0.29, 0.717) is 17.1 Å². The molecule has 6 heteroatoms. The van der Waals surface area contributed by atoms with Crippen LogP contribution in [0.1, 0.15) is 23.4 Å². The van der Waals surface area contributed by atoms with Crippen LogP contribution in [0.4, 0.5) is 0 Å². The van der Waals surface area contributed by atoms with Gasteiger partial charge in [0.1, 0.15) is 0 Å². The topological polar surface area (TPSA) is 46.2 Å². The molecule has 1 atom stereocenters. The highest BCUT2D eigenvalue weighted by Crippen LogP contribution is 2.25. The molecule has 1 N–H and O–H groups in total. The van der Waals surface area contributed by atoms with E-state index in [-0.39, 0.29) is 10.9 Å². The van der Waals surface area contributed by atoms with Crippen LogP contribution in [0.25, 0.3) is 0 Å². The molecule has 0 spiro atoms. The van der Waals surface area contributed by atoms with E-state index in [1.165, 1.54) is 11.1 Å². The Bertz CT molecular complexity index is 681. The van der Waals surface area contributed by atoms with Crippen molar-refractivity contribution in [2.45, 2.75) is 24.4 Å². The zero-order chi connectivity index (χ0) is 14.8. The van der Waals surface area contributed by atoms with Gasteiger partial charge in [-0.1, -0.05) is 23.7 Å². The van der Waals surface area contributed by atoms with Crippen LogP contribution in [0, 0.1) is 0 Å². The van der Waals surface area contributed by atoms with Gasteiger partial charge in [0.2, 0.25) is 0 Å². The molecule has 0 aliphatic rings. The third-order valence-electron chi connectivity index (χ3n) is 3.03. The molecule has 2 rings (SSSR count). The Labute approximate surface area is 128 Å². The molecular formula is C14H16ClNO2S2. The van der Waals surface area contributed by atoms with Gasteiger partial charge in [-0.15, -0.1) is 11.3 Å². The lowest BCUT2D eigenvalue weighted by molar-refractivity contribution is 0.572. The molecular weight excluding hydrogens is 314 g/mol. The number of thiophene rings is 1. The van der Waals surface area contributed by atoms with E-state index in [2.05, 4.69) is 5.32 Å². The standard InChI is InChI=1S/C14H16ClNO2S2/c1-10(13-6-4-8-19-13)16-9-11-12(15)5-3-7-14(11)20(2,17)18/h3-8,10,16H,9H2,1-2H3. The summed E-state index contributed by atoms with van der Waals surface area (Å²) in [6, 6.07) is 9.16. The Morgan fingerprint density at radius 2 is 2.05 bits per heavy atom. The van der Waals surface area contributed by atoms with Crippen LogP contribution in [0.3, 0.4) is 0 Å². The first-order chi connectivity index (χ1) is 9.39. The van der Waals surface area contributed by atoms with E-state index < -0.39 is 9.84 Å². The van der Waals surface area contributed by atoms with Crippen molar-refractivity contribution in [3.05, 3.63) is 51.2 Å². The molecule has 108 valence electrons. The molecule has 0 radical (unpaired) electrons. The Hall–Kier alpha value is -0.880. The lowest BCUT2D eigenvalue weighted by atomic mass is 10.2. The number of nitrogens with one attached hydrogen (secondary N) is 1. The first-order valence-electron chi connectivity index (χ1n) is 6.14. The van der Waals surface area contributed by atoms with Gasteiger partial charge in [0.25, 0.3) is 0 Å². The first kappa shape index (κ1) is 15.5. The quantitative estimate of drug-likeness (QED) is 0.910. The highest BCUT2D eigenvalue weighted by molar-refractivity contribution is 7.90. The fourth-order valence-corrected chi connectivity index (χ4v) is 3.96. The minimum absolute atomic E-state index is 0.152. The fourth-order valence-electron chi connectivity index (χ4n) is 1.95. The van der Waals surface area contributed by atoms with E-state index in [1.807, 2.05) is 24.4 Å². The normalized spacial score (nSPS) is 13.3. The highest BCUT2D eigenvalue weighted by Gasteiger charge is 2.16. The molecule has 3 nitrogen and oxygen atoms in total. The van der Waals surface area contributed by atoms with E-state index >= 15 is 0 Å². The minimum atomic E-state index is -3.28. The second-order valence-electron chi connectivity index (χ2n) is 4.61. The van der Waals surface area contributed by atoms with Gasteiger partial charge < -0.3 is 5.32 Å². The average molecular weight is 330 g/mol. The molecule has 1 aromatic heterocycles. The Morgan fingerprint density at radius 3 is 2.65 bits per heavy atom. The summed E-state index contributed by atoms with van der Waals surface area (Å²) in [4.78, 5) is 1.49. The van der Waals surface area contributed by atoms with Gasteiger partial charge in [0.15, 0.2) is 9.84 Å². The molecule has 2 aromatic rings. The van der Waals surface area contributed by atoms with Crippen LogP contribution < -0.4 is 5.32 Å². The Kier molecular flexibility index (Phi) is 4.86. The Balaban J connectivity index is 2.22. The van der Waals surface area contributed by atoms with Gasteiger partial charge >= 0.3 is 0 Å². The summed E-state index contributed by atoms with van der Waals surface area (Å²) >= 11 is 7.81. The number of rotatable bonds is 5.